The van der Waals surface area contributed by atoms with Gasteiger partial charge in [-0.1, -0.05) is 291 Å². The van der Waals surface area contributed by atoms with E-state index < -0.39 is 0 Å². The molecule has 2 aliphatic rings. The van der Waals surface area contributed by atoms with Gasteiger partial charge in [0.25, 0.3) is 0 Å². The summed E-state index contributed by atoms with van der Waals surface area (Å²) in [7, 11) is 0. The summed E-state index contributed by atoms with van der Waals surface area (Å²) in [6, 6.07) is 102. The van der Waals surface area contributed by atoms with Gasteiger partial charge in [-0.05, 0) is 66.8 Å². The summed E-state index contributed by atoms with van der Waals surface area (Å²) in [5, 5.41) is 3.53. The lowest BCUT2D eigenvalue weighted by Crippen LogP contribution is -2.00. The number of aromatic amines is 2. The number of nitrogens with zero attached hydrogens (tertiary/aromatic N) is 6. The zero-order valence-corrected chi connectivity index (χ0v) is 47.4. The van der Waals surface area contributed by atoms with E-state index in [1.807, 2.05) is 24.3 Å². The number of nitrogens with one attached hydrogen (secondary N) is 2. The smallest absolute Gasteiger partial charge is 0.165 e. The fourth-order valence-electron chi connectivity index (χ4n) is 13.4. The third kappa shape index (κ3) is 8.30. The standard InChI is InChI=1S/C80H50N8/c1-9-29-49(30-10-1)61-63(51-33-13-3-14-34-51)67(55-41-21-7-22-42-55)71-69(65(61)53-37-17-5-18-38-53)77-84-75-59-47-27-25-45-57(59)73(82-75)81-74-58-46-26-28-48-60(58)76(83-74)85-78-70-66(54-39-19-6-20-40-54)62(50-31-11-2-12-32-50)64(52-35-15-4-16-36-52)68(56-43-23-8-24-44-56)72(70)80(87-78)88-79(71)86-77/h1-48H,(H2,81,82,83,84,85,86,87,88). The Bertz CT molecular complexity index is 5390. The second kappa shape index (κ2) is 21.0. The average molecular weight is 1120 g/mol. The topological polar surface area (TPSA) is 109 Å². The van der Waals surface area contributed by atoms with E-state index in [0.29, 0.717) is 45.9 Å². The first-order valence-electron chi connectivity index (χ1n) is 29.6. The zero-order chi connectivity index (χ0) is 58.1. The molecule has 8 bridgehead atoms. The fourth-order valence-corrected chi connectivity index (χ4v) is 13.4. The first kappa shape index (κ1) is 50.5. The maximum Gasteiger partial charge on any atom is 0.165 e. The summed E-state index contributed by atoms with van der Waals surface area (Å²) in [5.41, 5.74) is 22.2. The molecule has 0 fully saturated rings. The van der Waals surface area contributed by atoms with Crippen LogP contribution in [0.2, 0.25) is 0 Å². The molecule has 0 saturated carbocycles. The lowest BCUT2D eigenvalue weighted by atomic mass is 9.77. The Morgan fingerprint density at radius 2 is 0.386 bits per heavy atom. The van der Waals surface area contributed by atoms with E-state index in [9.17, 15) is 0 Å². The monoisotopic (exact) mass is 1120 g/mol. The third-order valence-corrected chi connectivity index (χ3v) is 17.0. The van der Waals surface area contributed by atoms with Gasteiger partial charge in [0.15, 0.2) is 23.3 Å². The van der Waals surface area contributed by atoms with Crippen molar-refractivity contribution in [1.29, 1.82) is 0 Å². The summed E-state index contributed by atoms with van der Waals surface area (Å²) in [6.07, 6.45) is 0. The number of fused-ring (bicyclic) bond motifs is 20. The number of hydrogen-bond acceptors (Lipinski definition) is 6. The van der Waals surface area contributed by atoms with Gasteiger partial charge in [0.2, 0.25) is 0 Å². The minimum absolute atomic E-state index is 0.483. The van der Waals surface area contributed by atoms with E-state index in [1.165, 1.54) is 0 Å². The van der Waals surface area contributed by atoms with E-state index in [4.69, 9.17) is 29.9 Å². The lowest BCUT2D eigenvalue weighted by molar-refractivity contribution is 1.19. The Morgan fingerprint density at radius 1 is 0.170 bits per heavy atom. The van der Waals surface area contributed by atoms with Crippen LogP contribution < -0.4 is 0 Å². The Hall–Kier alpha value is -12.0. The van der Waals surface area contributed by atoms with Crippen molar-refractivity contribution >= 4 is 44.1 Å². The summed E-state index contributed by atoms with van der Waals surface area (Å²) in [4.78, 5) is 42.2. The molecule has 0 amide bonds. The van der Waals surface area contributed by atoms with Crippen LogP contribution in [0.5, 0.6) is 0 Å². The number of rotatable bonds is 8. The maximum atomic E-state index is 6.13. The quantitative estimate of drug-likeness (QED) is 0.157. The molecule has 2 N–H and O–H groups in total. The van der Waals surface area contributed by atoms with Crippen molar-refractivity contribution in [1.82, 2.24) is 39.9 Å². The molecule has 88 heavy (non-hydrogen) atoms. The van der Waals surface area contributed by atoms with E-state index >= 15 is 0 Å². The molecular weight excluding hydrogens is 1070 g/mol. The van der Waals surface area contributed by atoms with Crippen LogP contribution in [-0.4, -0.2) is 39.9 Å². The van der Waals surface area contributed by atoms with Crippen LogP contribution in [0.4, 0.5) is 0 Å². The van der Waals surface area contributed by atoms with Gasteiger partial charge in [0.1, 0.15) is 22.6 Å². The molecule has 12 aromatic carbocycles. The highest BCUT2D eigenvalue weighted by Crippen LogP contribution is 2.58. The van der Waals surface area contributed by atoms with Crippen molar-refractivity contribution in [3.8, 4) is 135 Å². The summed E-state index contributed by atoms with van der Waals surface area (Å²) < 4.78 is 0. The highest BCUT2D eigenvalue weighted by molar-refractivity contribution is 6.26. The van der Waals surface area contributed by atoms with E-state index in [2.05, 4.69) is 277 Å². The molecule has 0 radical (unpaired) electrons. The van der Waals surface area contributed by atoms with E-state index in [-0.39, 0.29) is 0 Å². The Labute approximate surface area is 507 Å². The minimum atomic E-state index is 0.483. The molecule has 0 spiro atoms. The zero-order valence-electron chi connectivity index (χ0n) is 47.4. The molecule has 0 aliphatic carbocycles. The van der Waals surface area contributed by atoms with Crippen LogP contribution in [0, 0.1) is 0 Å². The van der Waals surface area contributed by atoms with Crippen molar-refractivity contribution in [3.63, 3.8) is 0 Å². The predicted molar refractivity (Wildman–Crippen MR) is 360 cm³/mol. The Morgan fingerprint density at radius 3 is 0.716 bits per heavy atom. The van der Waals surface area contributed by atoms with E-state index in [0.717, 1.165) is 133 Å². The SMILES string of the molecule is c1ccc(-c2c(-c3ccccc3)c(-c3ccccc3)c3c(c2-c2ccccc2)-c2nc-3nc3[nH]c(nc4nc(nc5[nH]c(n2)c2ccccc52)-c2ccccc2-4)c2c(-c4ccccc4)c(-c4ccccc4)c(-c4ccccc4)c(-c4ccccc4)c32)cc1. The van der Waals surface area contributed by atoms with Gasteiger partial charge in [0, 0.05) is 66.1 Å². The van der Waals surface area contributed by atoms with Crippen LogP contribution in [0.15, 0.2) is 291 Å². The first-order chi connectivity index (χ1) is 43.7. The van der Waals surface area contributed by atoms with Gasteiger partial charge >= 0.3 is 0 Å². The van der Waals surface area contributed by atoms with E-state index in [1.54, 1.807) is 0 Å². The molecule has 3 aromatic heterocycles. The molecule has 410 valence electrons. The van der Waals surface area contributed by atoms with Gasteiger partial charge in [-0.25, -0.2) is 29.9 Å². The summed E-state index contributed by atoms with van der Waals surface area (Å²) in [5.74, 6) is 2.03. The predicted octanol–water partition coefficient (Wildman–Crippen LogP) is 20.2. The van der Waals surface area contributed by atoms with Gasteiger partial charge < -0.3 is 9.97 Å². The van der Waals surface area contributed by atoms with Crippen molar-refractivity contribution in [3.05, 3.63) is 291 Å². The second-order valence-corrected chi connectivity index (χ2v) is 22.1. The molecule has 0 unspecified atom stereocenters. The highest BCUT2D eigenvalue weighted by atomic mass is 15.1. The summed E-state index contributed by atoms with van der Waals surface area (Å²) >= 11 is 0. The molecule has 0 atom stereocenters. The van der Waals surface area contributed by atoms with Crippen LogP contribution in [-0.2, 0) is 0 Å². The molecule has 5 heterocycles. The minimum Gasteiger partial charge on any atom is -0.324 e. The maximum absolute atomic E-state index is 6.13. The van der Waals surface area contributed by atoms with Crippen molar-refractivity contribution in [2.75, 3.05) is 0 Å². The highest BCUT2D eigenvalue weighted by Gasteiger charge is 2.35. The summed E-state index contributed by atoms with van der Waals surface area (Å²) in [6.45, 7) is 0. The molecule has 0 saturated heterocycles. The Balaban J connectivity index is 1.18. The number of aromatic nitrogens is 8. The van der Waals surface area contributed by atoms with Crippen molar-refractivity contribution in [2.24, 2.45) is 0 Å². The Kier molecular flexibility index (Phi) is 12.0. The lowest BCUT2D eigenvalue weighted by Gasteiger charge is -2.25. The largest absolute Gasteiger partial charge is 0.324 e. The fraction of sp³-hybridized carbons (Fsp3) is 0. The van der Waals surface area contributed by atoms with Gasteiger partial charge in [-0.15, -0.1) is 0 Å². The van der Waals surface area contributed by atoms with Gasteiger partial charge in [-0.2, -0.15) is 0 Å². The average Bonchev–Trinajstić information content (AvgIpc) is 1.50. The number of H-pyrrole nitrogens is 2. The van der Waals surface area contributed by atoms with Crippen LogP contribution >= 0.6 is 0 Å². The number of hydrogen-bond donors (Lipinski definition) is 2. The molecule has 8 nitrogen and oxygen atoms in total. The van der Waals surface area contributed by atoms with Crippen molar-refractivity contribution < 1.29 is 0 Å². The molecular formula is C80H50N8. The van der Waals surface area contributed by atoms with Crippen LogP contribution in [0.3, 0.4) is 0 Å². The first-order valence-corrected chi connectivity index (χ1v) is 29.6. The van der Waals surface area contributed by atoms with Crippen molar-refractivity contribution in [2.45, 2.75) is 0 Å². The molecule has 2 aliphatic heterocycles. The molecule has 15 aromatic rings. The second-order valence-electron chi connectivity index (χ2n) is 22.1. The van der Waals surface area contributed by atoms with Gasteiger partial charge in [0.05, 0.1) is 0 Å². The number of benzene rings is 12. The molecule has 8 heteroatoms. The third-order valence-electron chi connectivity index (χ3n) is 17.0. The van der Waals surface area contributed by atoms with Gasteiger partial charge in [-0.3, -0.25) is 0 Å². The van der Waals surface area contributed by atoms with Crippen LogP contribution in [0.1, 0.15) is 0 Å². The normalized spacial score (nSPS) is 11.6. The molecule has 17 rings (SSSR count). The van der Waals surface area contributed by atoms with Crippen LogP contribution in [0.25, 0.3) is 179 Å².